The summed E-state index contributed by atoms with van der Waals surface area (Å²) in [5, 5.41) is 12.1. The largest absolute Gasteiger partial charge is 0.481 e. The minimum Gasteiger partial charge on any atom is -0.481 e. The van der Waals surface area contributed by atoms with Gasteiger partial charge in [0.1, 0.15) is 12.6 Å². The van der Waals surface area contributed by atoms with E-state index >= 15 is 0 Å². The topological polar surface area (TPSA) is 95.9 Å². The number of thioether (sulfide) groups is 1. The molecule has 0 bridgehead atoms. The van der Waals surface area contributed by atoms with Gasteiger partial charge in [-0.15, -0.1) is 0 Å². The summed E-state index contributed by atoms with van der Waals surface area (Å²) in [5.41, 5.74) is 4.55. The second kappa shape index (κ2) is 11.2. The Kier molecular flexibility index (Phi) is 8.00. The van der Waals surface area contributed by atoms with Gasteiger partial charge >= 0.3 is 12.1 Å². The van der Waals surface area contributed by atoms with E-state index < -0.39 is 18.1 Å². The van der Waals surface area contributed by atoms with Crippen molar-refractivity contribution in [2.75, 3.05) is 24.7 Å². The van der Waals surface area contributed by atoms with E-state index in [1.807, 2.05) is 38.1 Å². The number of ether oxygens (including phenoxy) is 1. The highest BCUT2D eigenvalue weighted by atomic mass is 32.2. The summed E-state index contributed by atoms with van der Waals surface area (Å²) in [6.07, 6.45) is -0.281. The third-order valence-electron chi connectivity index (χ3n) is 6.56. The van der Waals surface area contributed by atoms with Gasteiger partial charge in [0.15, 0.2) is 0 Å². The number of alkyl carbamates (subject to hydrolysis) is 1. The Hall–Kier alpha value is -3.00. The average molecular weight is 497 g/mol. The molecule has 7 nitrogen and oxygen atoms in total. The number of benzene rings is 2. The second-order valence-electron chi connectivity index (χ2n) is 9.51. The standard InChI is InChI=1S/C27H32N2O5S/c1-17(2)13-24(26(32)29-11-12-35-16-18(29)14-25(30)31)28-27(33)34-15-23-21-9-5-3-7-19(21)20-8-4-6-10-22(20)23/h3-10,17-18,23-24H,11-16H2,1-2H3,(H,28,33)(H,30,31)/t18?,24-/m1/s1. The van der Waals surface area contributed by atoms with Crippen LogP contribution in [0.5, 0.6) is 0 Å². The molecule has 186 valence electrons. The molecule has 2 aromatic carbocycles. The van der Waals surface area contributed by atoms with Gasteiger partial charge in [-0.05, 0) is 34.6 Å². The predicted octanol–water partition coefficient (Wildman–Crippen LogP) is 4.36. The SMILES string of the molecule is CC(C)C[C@@H](NC(=O)OCC1c2ccccc2-c2ccccc21)C(=O)N1CCSCC1CC(=O)O. The summed E-state index contributed by atoms with van der Waals surface area (Å²) in [6, 6.07) is 15.1. The zero-order chi connectivity index (χ0) is 24.9. The van der Waals surface area contributed by atoms with Crippen LogP contribution >= 0.6 is 11.8 Å². The maximum absolute atomic E-state index is 13.4. The average Bonchev–Trinajstić information content (AvgIpc) is 3.15. The van der Waals surface area contributed by atoms with Gasteiger partial charge in [-0.25, -0.2) is 4.79 Å². The van der Waals surface area contributed by atoms with E-state index in [2.05, 4.69) is 29.6 Å². The monoisotopic (exact) mass is 496 g/mol. The molecule has 1 aliphatic heterocycles. The first-order valence-corrected chi connectivity index (χ1v) is 13.2. The fraction of sp³-hybridized carbons (Fsp3) is 0.444. The Labute approximate surface area is 210 Å². The Bertz CT molecular complexity index is 1040. The molecular formula is C27H32N2O5S. The van der Waals surface area contributed by atoms with Crippen molar-refractivity contribution >= 4 is 29.7 Å². The van der Waals surface area contributed by atoms with E-state index in [-0.39, 0.29) is 36.8 Å². The molecule has 1 heterocycles. The van der Waals surface area contributed by atoms with E-state index in [1.54, 1.807) is 16.7 Å². The molecule has 0 radical (unpaired) electrons. The number of hydrogen-bond acceptors (Lipinski definition) is 5. The Balaban J connectivity index is 1.44. The molecule has 35 heavy (non-hydrogen) atoms. The number of nitrogens with one attached hydrogen (secondary N) is 1. The van der Waals surface area contributed by atoms with Gasteiger partial charge in [-0.1, -0.05) is 62.4 Å². The molecule has 4 rings (SSSR count). The lowest BCUT2D eigenvalue weighted by atomic mass is 9.98. The van der Waals surface area contributed by atoms with Crippen molar-refractivity contribution in [3.8, 4) is 11.1 Å². The predicted molar refractivity (Wildman–Crippen MR) is 137 cm³/mol. The summed E-state index contributed by atoms with van der Waals surface area (Å²) in [4.78, 5) is 39.2. The highest BCUT2D eigenvalue weighted by molar-refractivity contribution is 7.99. The lowest BCUT2D eigenvalue weighted by molar-refractivity contribution is -0.141. The van der Waals surface area contributed by atoms with Crippen molar-refractivity contribution in [3.63, 3.8) is 0 Å². The molecule has 1 aliphatic carbocycles. The quantitative estimate of drug-likeness (QED) is 0.564. The van der Waals surface area contributed by atoms with Gasteiger partial charge < -0.3 is 20.1 Å². The van der Waals surface area contributed by atoms with Gasteiger partial charge in [0.2, 0.25) is 5.91 Å². The smallest absolute Gasteiger partial charge is 0.407 e. The Morgan fingerprint density at radius 3 is 2.31 bits per heavy atom. The molecule has 8 heteroatoms. The second-order valence-corrected chi connectivity index (χ2v) is 10.7. The molecule has 2 atom stereocenters. The third-order valence-corrected chi connectivity index (χ3v) is 7.65. The Morgan fingerprint density at radius 2 is 1.71 bits per heavy atom. The molecule has 2 aliphatic rings. The maximum Gasteiger partial charge on any atom is 0.407 e. The first-order chi connectivity index (χ1) is 16.8. The molecule has 2 aromatic rings. The van der Waals surface area contributed by atoms with Gasteiger partial charge in [-0.2, -0.15) is 11.8 Å². The number of hydrogen-bond donors (Lipinski definition) is 2. The summed E-state index contributed by atoms with van der Waals surface area (Å²) >= 11 is 1.65. The number of fused-ring (bicyclic) bond motifs is 3. The fourth-order valence-electron chi connectivity index (χ4n) is 4.99. The summed E-state index contributed by atoms with van der Waals surface area (Å²) in [6.45, 7) is 4.62. The molecule has 0 aromatic heterocycles. The number of carbonyl (C=O) groups is 3. The molecular weight excluding hydrogens is 464 g/mol. The van der Waals surface area contributed by atoms with Crippen LogP contribution in [-0.4, -0.2) is 64.7 Å². The van der Waals surface area contributed by atoms with Crippen molar-refractivity contribution < 1.29 is 24.2 Å². The fourth-order valence-corrected chi connectivity index (χ4v) is 6.05. The highest BCUT2D eigenvalue weighted by Gasteiger charge is 2.35. The van der Waals surface area contributed by atoms with Crippen LogP contribution in [0.15, 0.2) is 48.5 Å². The van der Waals surface area contributed by atoms with E-state index in [9.17, 15) is 19.5 Å². The van der Waals surface area contributed by atoms with E-state index in [0.717, 1.165) is 28.0 Å². The van der Waals surface area contributed by atoms with Gasteiger partial charge in [0, 0.05) is 24.0 Å². The van der Waals surface area contributed by atoms with Gasteiger partial charge in [0.05, 0.1) is 12.5 Å². The van der Waals surface area contributed by atoms with Crippen molar-refractivity contribution in [2.24, 2.45) is 5.92 Å². The molecule has 1 fully saturated rings. The normalized spacial score (nSPS) is 18.0. The number of carboxylic acid groups (broad SMARTS) is 1. The van der Waals surface area contributed by atoms with Crippen LogP contribution < -0.4 is 5.32 Å². The van der Waals surface area contributed by atoms with Crippen LogP contribution in [0, 0.1) is 5.92 Å². The van der Waals surface area contributed by atoms with Crippen molar-refractivity contribution in [2.45, 2.75) is 44.7 Å². The number of carboxylic acids is 1. The summed E-state index contributed by atoms with van der Waals surface area (Å²) < 4.78 is 5.66. The maximum atomic E-state index is 13.4. The van der Waals surface area contributed by atoms with Crippen LogP contribution in [-0.2, 0) is 14.3 Å². The van der Waals surface area contributed by atoms with Crippen LogP contribution in [0.4, 0.5) is 4.79 Å². The molecule has 2 N–H and O–H groups in total. The first kappa shape index (κ1) is 25.1. The van der Waals surface area contributed by atoms with Crippen LogP contribution in [0.2, 0.25) is 0 Å². The molecule has 1 saturated heterocycles. The minimum atomic E-state index is -0.930. The van der Waals surface area contributed by atoms with Crippen LogP contribution in [0.1, 0.15) is 43.7 Å². The zero-order valence-electron chi connectivity index (χ0n) is 20.1. The molecule has 0 spiro atoms. The zero-order valence-corrected chi connectivity index (χ0v) is 20.9. The number of amides is 2. The highest BCUT2D eigenvalue weighted by Crippen LogP contribution is 2.44. The van der Waals surface area contributed by atoms with Gasteiger partial charge in [0.25, 0.3) is 0 Å². The van der Waals surface area contributed by atoms with Crippen LogP contribution in [0.3, 0.4) is 0 Å². The van der Waals surface area contributed by atoms with E-state index in [0.29, 0.717) is 18.7 Å². The first-order valence-electron chi connectivity index (χ1n) is 12.1. The molecule has 1 unspecified atom stereocenters. The number of carbonyl (C=O) groups excluding carboxylic acids is 2. The molecule has 2 amide bonds. The Morgan fingerprint density at radius 1 is 1.09 bits per heavy atom. The van der Waals surface area contributed by atoms with Crippen molar-refractivity contribution in [1.29, 1.82) is 0 Å². The van der Waals surface area contributed by atoms with Crippen molar-refractivity contribution in [1.82, 2.24) is 10.2 Å². The molecule has 0 saturated carbocycles. The lowest BCUT2D eigenvalue weighted by Gasteiger charge is -2.37. The lowest BCUT2D eigenvalue weighted by Crippen LogP contribution is -2.55. The van der Waals surface area contributed by atoms with Crippen LogP contribution in [0.25, 0.3) is 11.1 Å². The van der Waals surface area contributed by atoms with E-state index in [4.69, 9.17) is 4.74 Å². The van der Waals surface area contributed by atoms with E-state index in [1.165, 1.54) is 0 Å². The third kappa shape index (κ3) is 5.81. The number of nitrogens with zero attached hydrogens (tertiary/aromatic N) is 1. The van der Waals surface area contributed by atoms with Gasteiger partial charge in [-0.3, -0.25) is 9.59 Å². The summed E-state index contributed by atoms with van der Waals surface area (Å²) in [5.74, 6) is 0.263. The van der Waals surface area contributed by atoms with Crippen molar-refractivity contribution in [3.05, 3.63) is 59.7 Å². The summed E-state index contributed by atoms with van der Waals surface area (Å²) in [7, 11) is 0. The number of rotatable bonds is 8. The minimum absolute atomic E-state index is 0.0635. The number of aliphatic carboxylic acids is 1.